The number of amides is 1. The zero-order chi connectivity index (χ0) is 19.7. The summed E-state index contributed by atoms with van der Waals surface area (Å²) in [6.07, 6.45) is -0.224. The van der Waals surface area contributed by atoms with E-state index in [0.717, 1.165) is 61.2 Å². The van der Waals surface area contributed by atoms with Crippen LogP contribution in [0.25, 0.3) is 0 Å². The van der Waals surface area contributed by atoms with Gasteiger partial charge in [0.15, 0.2) is 0 Å². The Morgan fingerprint density at radius 3 is 2.79 bits per heavy atom. The number of carbonyl (C=O) groups excluding carboxylic acids is 1. The minimum absolute atomic E-state index is 0.0448. The van der Waals surface area contributed by atoms with Crippen molar-refractivity contribution in [3.05, 3.63) is 52.3 Å². The number of fused-ring (bicyclic) bond motifs is 3. The van der Waals surface area contributed by atoms with Gasteiger partial charge < -0.3 is 10.6 Å². The highest BCUT2D eigenvalue weighted by Crippen LogP contribution is 2.29. The molecule has 1 aromatic heterocycles. The van der Waals surface area contributed by atoms with E-state index in [4.69, 9.17) is 0 Å². The quantitative estimate of drug-likeness (QED) is 0.841. The topological polar surface area (TPSA) is 59.0 Å². The third-order valence-electron chi connectivity index (χ3n) is 5.49. The van der Waals surface area contributed by atoms with Gasteiger partial charge in [0.05, 0.1) is 11.3 Å². The molecule has 28 heavy (non-hydrogen) atoms. The van der Waals surface area contributed by atoms with Gasteiger partial charge in [0.2, 0.25) is 0 Å². The van der Waals surface area contributed by atoms with Gasteiger partial charge in [-0.2, -0.15) is 18.3 Å². The fourth-order valence-electron chi connectivity index (χ4n) is 4.01. The summed E-state index contributed by atoms with van der Waals surface area (Å²) >= 11 is 0. The lowest BCUT2D eigenvalue weighted by atomic mass is 9.91. The molecule has 1 aliphatic heterocycles. The Balaban J connectivity index is 1.35. The van der Waals surface area contributed by atoms with Crippen molar-refractivity contribution in [3.8, 4) is 0 Å². The van der Waals surface area contributed by atoms with Crippen molar-refractivity contribution < 1.29 is 18.0 Å². The number of benzene rings is 1. The molecule has 1 atom stereocenters. The van der Waals surface area contributed by atoms with E-state index in [2.05, 4.69) is 15.7 Å². The van der Waals surface area contributed by atoms with Crippen LogP contribution < -0.4 is 10.6 Å². The number of aryl methyl sites for hydroxylation is 2. The summed E-state index contributed by atoms with van der Waals surface area (Å²) in [5.74, 6) is -0.0448. The van der Waals surface area contributed by atoms with Crippen LogP contribution in [0.5, 0.6) is 0 Å². The zero-order valence-corrected chi connectivity index (χ0v) is 15.5. The SMILES string of the molecule is O=C1NCCCn2nc3c(c21)CC(NCCc1ccc(C(F)(F)F)cc1)CC3. The maximum absolute atomic E-state index is 12.6. The van der Waals surface area contributed by atoms with Crippen LogP contribution in [0.15, 0.2) is 24.3 Å². The zero-order valence-electron chi connectivity index (χ0n) is 15.5. The van der Waals surface area contributed by atoms with Crippen LogP contribution in [0.1, 0.15) is 45.7 Å². The van der Waals surface area contributed by atoms with Crippen LogP contribution in [0.2, 0.25) is 0 Å². The number of aromatic nitrogens is 2. The van der Waals surface area contributed by atoms with Crippen molar-refractivity contribution in [1.82, 2.24) is 20.4 Å². The van der Waals surface area contributed by atoms with Gasteiger partial charge >= 0.3 is 6.18 Å². The summed E-state index contributed by atoms with van der Waals surface area (Å²) in [7, 11) is 0. The lowest BCUT2D eigenvalue weighted by molar-refractivity contribution is -0.137. The van der Waals surface area contributed by atoms with Crippen molar-refractivity contribution in [1.29, 1.82) is 0 Å². The first-order valence-corrected chi connectivity index (χ1v) is 9.68. The summed E-state index contributed by atoms with van der Waals surface area (Å²) in [5, 5.41) is 11.1. The number of hydrogen-bond donors (Lipinski definition) is 2. The van der Waals surface area contributed by atoms with Crippen LogP contribution in [0, 0.1) is 0 Å². The fraction of sp³-hybridized carbons (Fsp3) is 0.500. The van der Waals surface area contributed by atoms with Crippen LogP contribution in [0.4, 0.5) is 13.2 Å². The second-order valence-corrected chi connectivity index (χ2v) is 7.44. The van der Waals surface area contributed by atoms with Crippen molar-refractivity contribution in [2.45, 2.75) is 50.9 Å². The van der Waals surface area contributed by atoms with E-state index < -0.39 is 11.7 Å². The molecule has 8 heteroatoms. The number of nitrogens with zero attached hydrogens (tertiary/aromatic N) is 2. The van der Waals surface area contributed by atoms with E-state index >= 15 is 0 Å². The molecule has 150 valence electrons. The molecule has 2 aromatic rings. The average Bonchev–Trinajstić information content (AvgIpc) is 2.92. The fourth-order valence-corrected chi connectivity index (χ4v) is 4.01. The maximum Gasteiger partial charge on any atom is 0.416 e. The Bertz CT molecular complexity index is 858. The number of carbonyl (C=O) groups is 1. The van der Waals surface area contributed by atoms with E-state index in [-0.39, 0.29) is 11.9 Å². The number of hydrogen-bond acceptors (Lipinski definition) is 3. The minimum atomic E-state index is -4.30. The number of nitrogens with one attached hydrogen (secondary N) is 2. The molecular formula is C20H23F3N4O. The van der Waals surface area contributed by atoms with E-state index in [0.29, 0.717) is 25.2 Å². The smallest absolute Gasteiger partial charge is 0.351 e. The molecule has 0 fully saturated rings. The summed E-state index contributed by atoms with van der Waals surface area (Å²) in [5.41, 5.74) is 3.01. The molecular weight excluding hydrogens is 369 g/mol. The molecule has 4 rings (SSSR count). The largest absolute Gasteiger partial charge is 0.416 e. The lowest BCUT2D eigenvalue weighted by Crippen LogP contribution is -2.36. The van der Waals surface area contributed by atoms with Crippen LogP contribution >= 0.6 is 0 Å². The third kappa shape index (κ3) is 3.92. The number of halogens is 3. The van der Waals surface area contributed by atoms with Crippen molar-refractivity contribution in [2.75, 3.05) is 13.1 Å². The molecule has 5 nitrogen and oxygen atoms in total. The summed E-state index contributed by atoms with van der Waals surface area (Å²) in [4.78, 5) is 12.4. The monoisotopic (exact) mass is 392 g/mol. The van der Waals surface area contributed by atoms with E-state index in [9.17, 15) is 18.0 Å². The van der Waals surface area contributed by atoms with E-state index in [1.54, 1.807) is 0 Å². The first-order valence-electron chi connectivity index (χ1n) is 9.68. The highest BCUT2D eigenvalue weighted by Gasteiger charge is 2.31. The molecule has 0 radical (unpaired) electrons. The molecule has 2 aliphatic rings. The predicted octanol–water partition coefficient (Wildman–Crippen LogP) is 2.73. The van der Waals surface area contributed by atoms with E-state index in [1.807, 2.05) is 4.68 Å². The number of rotatable bonds is 4. The molecule has 1 aromatic carbocycles. The first-order chi connectivity index (χ1) is 13.4. The molecule has 1 amide bonds. The Morgan fingerprint density at radius 1 is 1.25 bits per heavy atom. The molecule has 0 saturated carbocycles. The lowest BCUT2D eigenvalue weighted by Gasteiger charge is -2.23. The van der Waals surface area contributed by atoms with Crippen molar-refractivity contribution >= 4 is 5.91 Å². The van der Waals surface area contributed by atoms with Gasteiger partial charge in [-0.05, 0) is 56.3 Å². The average molecular weight is 392 g/mol. The third-order valence-corrected chi connectivity index (χ3v) is 5.49. The maximum atomic E-state index is 12.6. The van der Waals surface area contributed by atoms with Crippen molar-refractivity contribution in [2.24, 2.45) is 0 Å². The van der Waals surface area contributed by atoms with Crippen LogP contribution in [-0.4, -0.2) is 34.8 Å². The summed E-state index contributed by atoms with van der Waals surface area (Å²) < 4.78 is 39.7. The van der Waals surface area contributed by atoms with Gasteiger partial charge in [0.25, 0.3) is 5.91 Å². The van der Waals surface area contributed by atoms with Crippen LogP contribution in [0.3, 0.4) is 0 Å². The predicted molar refractivity (Wildman–Crippen MR) is 98.1 cm³/mol. The van der Waals surface area contributed by atoms with Gasteiger partial charge in [-0.15, -0.1) is 0 Å². The number of alkyl halides is 3. The summed E-state index contributed by atoms with van der Waals surface area (Å²) in [6.45, 7) is 2.11. The molecule has 2 N–H and O–H groups in total. The van der Waals surface area contributed by atoms with E-state index in [1.165, 1.54) is 12.1 Å². The second kappa shape index (κ2) is 7.58. The van der Waals surface area contributed by atoms with Gasteiger partial charge in [0, 0.05) is 24.7 Å². The van der Waals surface area contributed by atoms with Gasteiger partial charge in [-0.3, -0.25) is 9.48 Å². The molecule has 0 bridgehead atoms. The normalized spacial score (nSPS) is 19.5. The molecule has 1 unspecified atom stereocenters. The highest BCUT2D eigenvalue weighted by molar-refractivity contribution is 5.94. The summed E-state index contributed by atoms with van der Waals surface area (Å²) in [6, 6.07) is 5.56. The Kier molecular flexibility index (Phi) is 5.14. The molecule has 0 saturated heterocycles. The molecule has 0 spiro atoms. The first kappa shape index (κ1) is 19.0. The van der Waals surface area contributed by atoms with Gasteiger partial charge in [-0.1, -0.05) is 12.1 Å². The minimum Gasteiger partial charge on any atom is -0.351 e. The second-order valence-electron chi connectivity index (χ2n) is 7.44. The Hall–Kier alpha value is -2.35. The molecule has 2 heterocycles. The van der Waals surface area contributed by atoms with Gasteiger partial charge in [0.1, 0.15) is 5.69 Å². The highest BCUT2D eigenvalue weighted by atomic mass is 19.4. The Labute approximate surface area is 161 Å². The van der Waals surface area contributed by atoms with Crippen LogP contribution in [-0.2, 0) is 32.0 Å². The Morgan fingerprint density at radius 2 is 2.04 bits per heavy atom. The van der Waals surface area contributed by atoms with Crippen molar-refractivity contribution in [3.63, 3.8) is 0 Å². The molecule has 1 aliphatic carbocycles. The van der Waals surface area contributed by atoms with Gasteiger partial charge in [-0.25, -0.2) is 0 Å². The standard InChI is InChI=1S/C20H23F3N4O/c21-20(22,23)14-4-2-13(3-5-14)8-10-24-15-6-7-17-16(12-15)18-19(28)25-9-1-11-27(18)26-17/h2-5,15,24H,1,6-12H2,(H,25,28).